The number of rotatable bonds is 5. The molecule has 0 aliphatic rings. The Morgan fingerprint density at radius 3 is 2.19 bits per heavy atom. The van der Waals surface area contributed by atoms with Crippen molar-refractivity contribution in [3.05, 3.63) is 72.4 Å². The second-order valence-electron chi connectivity index (χ2n) is 7.87. The quantitative estimate of drug-likeness (QED) is 0.617. The predicted octanol–water partition coefficient (Wildman–Crippen LogP) is 3.32. The molecule has 2 N–H and O–H groups in total. The van der Waals surface area contributed by atoms with Gasteiger partial charge in [-0.15, -0.1) is 0 Å². The molecule has 0 saturated heterocycles. The summed E-state index contributed by atoms with van der Waals surface area (Å²) in [5, 5.41) is 9.27. The lowest BCUT2D eigenvalue weighted by atomic mass is 10.1. The van der Waals surface area contributed by atoms with Gasteiger partial charge in [0, 0.05) is 17.3 Å². The number of imide groups is 1. The Morgan fingerprint density at radius 2 is 1.58 bits per heavy atom. The summed E-state index contributed by atoms with van der Waals surface area (Å²) in [5.74, 6) is -1.45. The van der Waals surface area contributed by atoms with E-state index in [0.29, 0.717) is 5.69 Å². The number of nitrogens with one attached hydrogen (secondary N) is 2. The third-order valence-electron chi connectivity index (χ3n) is 4.08. The van der Waals surface area contributed by atoms with Crippen molar-refractivity contribution in [2.75, 3.05) is 6.61 Å². The Labute approximate surface area is 180 Å². The van der Waals surface area contributed by atoms with Crippen molar-refractivity contribution < 1.29 is 19.1 Å². The number of benzene rings is 2. The highest BCUT2D eigenvalue weighted by Crippen LogP contribution is 2.24. The van der Waals surface area contributed by atoms with Gasteiger partial charge in [0.1, 0.15) is 11.3 Å². The molecule has 31 heavy (non-hydrogen) atoms. The average molecular weight is 420 g/mol. The number of carbonyl (C=O) groups excluding carboxylic acids is 3. The van der Waals surface area contributed by atoms with Crippen LogP contribution in [0.1, 0.15) is 31.1 Å². The molecular weight excluding hydrogens is 396 g/mol. The minimum absolute atomic E-state index is 0.210. The Hall–Kier alpha value is -3.94. The van der Waals surface area contributed by atoms with Crippen LogP contribution in [0.4, 0.5) is 4.79 Å². The lowest BCUT2D eigenvalue weighted by Crippen LogP contribution is -2.49. The van der Waals surface area contributed by atoms with Crippen LogP contribution in [-0.4, -0.2) is 39.8 Å². The van der Waals surface area contributed by atoms with Crippen molar-refractivity contribution in [3.8, 4) is 16.9 Å². The summed E-state index contributed by atoms with van der Waals surface area (Å²) in [6.07, 6.45) is 1.56. The van der Waals surface area contributed by atoms with E-state index in [1.807, 2.05) is 60.7 Å². The van der Waals surface area contributed by atoms with Crippen LogP contribution >= 0.6 is 0 Å². The lowest BCUT2D eigenvalue weighted by Gasteiger charge is -2.20. The fourth-order valence-electron chi connectivity index (χ4n) is 2.79. The molecule has 0 aliphatic carbocycles. The molecule has 0 radical (unpaired) electrons. The van der Waals surface area contributed by atoms with Gasteiger partial charge in [-0.3, -0.25) is 10.1 Å². The first-order valence-electron chi connectivity index (χ1n) is 9.72. The molecule has 0 fully saturated rings. The summed E-state index contributed by atoms with van der Waals surface area (Å²) in [5.41, 5.74) is 1.65. The van der Waals surface area contributed by atoms with E-state index in [1.165, 1.54) is 0 Å². The van der Waals surface area contributed by atoms with E-state index in [9.17, 15) is 14.4 Å². The number of urea groups is 1. The molecule has 0 unspecified atom stereocenters. The molecule has 8 heteroatoms. The van der Waals surface area contributed by atoms with Crippen LogP contribution in [0.2, 0.25) is 0 Å². The van der Waals surface area contributed by atoms with Crippen LogP contribution < -0.4 is 10.6 Å². The molecule has 3 amide bonds. The number of carbonyl (C=O) groups is 3. The van der Waals surface area contributed by atoms with Gasteiger partial charge in [-0.1, -0.05) is 48.5 Å². The third kappa shape index (κ3) is 6.02. The van der Waals surface area contributed by atoms with Gasteiger partial charge in [0.15, 0.2) is 6.61 Å². The van der Waals surface area contributed by atoms with Crippen LogP contribution in [0.15, 0.2) is 66.9 Å². The first kappa shape index (κ1) is 21.8. The summed E-state index contributed by atoms with van der Waals surface area (Å²) < 4.78 is 6.73. The zero-order valence-corrected chi connectivity index (χ0v) is 17.6. The van der Waals surface area contributed by atoms with E-state index in [1.54, 1.807) is 31.6 Å². The highest BCUT2D eigenvalue weighted by Gasteiger charge is 2.22. The van der Waals surface area contributed by atoms with Crippen molar-refractivity contribution in [2.24, 2.45) is 0 Å². The number of hydrogen-bond donors (Lipinski definition) is 2. The standard InChI is InChI=1S/C23H24N4O4/c1-23(2,3)25-22(30)24-19(28)15-31-21(29)18-14-27(17-12-8-5-9-13-17)26-20(18)16-10-6-4-7-11-16/h4-14H,15H2,1-3H3,(H2,24,25,28,30). The summed E-state index contributed by atoms with van der Waals surface area (Å²) in [7, 11) is 0. The summed E-state index contributed by atoms with van der Waals surface area (Å²) in [6.45, 7) is 4.76. The maximum atomic E-state index is 12.7. The average Bonchev–Trinajstić information content (AvgIpc) is 3.17. The van der Waals surface area contributed by atoms with E-state index in [-0.39, 0.29) is 5.56 Å². The van der Waals surface area contributed by atoms with Crippen molar-refractivity contribution in [1.82, 2.24) is 20.4 Å². The molecule has 1 aromatic heterocycles. The monoisotopic (exact) mass is 420 g/mol. The van der Waals surface area contributed by atoms with E-state index < -0.39 is 30.1 Å². The van der Waals surface area contributed by atoms with Gasteiger partial charge in [-0.25, -0.2) is 14.3 Å². The largest absolute Gasteiger partial charge is 0.452 e. The minimum atomic E-state index is -0.730. The Kier molecular flexibility index (Phi) is 6.49. The molecule has 0 bridgehead atoms. The fourth-order valence-corrected chi connectivity index (χ4v) is 2.79. The number of aromatic nitrogens is 2. The number of hydrogen-bond acceptors (Lipinski definition) is 5. The van der Waals surface area contributed by atoms with Gasteiger partial charge in [0.25, 0.3) is 5.91 Å². The first-order valence-corrected chi connectivity index (χ1v) is 9.72. The summed E-state index contributed by atoms with van der Waals surface area (Å²) in [4.78, 5) is 36.5. The van der Waals surface area contributed by atoms with Crippen LogP contribution in [0.25, 0.3) is 16.9 Å². The molecule has 0 spiro atoms. The number of nitrogens with zero attached hydrogens (tertiary/aromatic N) is 2. The smallest absolute Gasteiger partial charge is 0.342 e. The fraction of sp³-hybridized carbons (Fsp3) is 0.217. The highest BCUT2D eigenvalue weighted by atomic mass is 16.5. The number of ether oxygens (including phenoxy) is 1. The first-order chi connectivity index (χ1) is 14.7. The van der Waals surface area contributed by atoms with E-state index in [0.717, 1.165) is 11.3 Å². The molecule has 2 aromatic carbocycles. The van der Waals surface area contributed by atoms with Crippen molar-refractivity contribution in [2.45, 2.75) is 26.3 Å². The Balaban J connectivity index is 1.76. The Bertz CT molecular complexity index is 1070. The topological polar surface area (TPSA) is 102 Å². The van der Waals surface area contributed by atoms with Gasteiger partial charge in [-0.2, -0.15) is 5.10 Å². The number of para-hydroxylation sites is 1. The Morgan fingerprint density at radius 1 is 0.968 bits per heavy atom. The van der Waals surface area contributed by atoms with Crippen LogP contribution in [0.3, 0.4) is 0 Å². The van der Waals surface area contributed by atoms with Gasteiger partial charge in [0.2, 0.25) is 0 Å². The lowest BCUT2D eigenvalue weighted by molar-refractivity contribution is -0.123. The molecule has 0 aliphatic heterocycles. The second kappa shape index (κ2) is 9.25. The molecule has 3 rings (SSSR count). The normalized spacial score (nSPS) is 10.9. The molecule has 0 saturated carbocycles. The number of amides is 3. The molecule has 0 atom stereocenters. The maximum Gasteiger partial charge on any atom is 0.342 e. The molecule has 3 aromatic rings. The second-order valence-corrected chi connectivity index (χ2v) is 7.87. The summed E-state index contributed by atoms with van der Waals surface area (Å²) in [6, 6.07) is 17.9. The minimum Gasteiger partial charge on any atom is -0.452 e. The predicted molar refractivity (Wildman–Crippen MR) is 116 cm³/mol. The SMILES string of the molecule is CC(C)(C)NC(=O)NC(=O)COC(=O)c1cn(-c2ccccc2)nc1-c1ccccc1. The van der Waals surface area contributed by atoms with E-state index in [4.69, 9.17) is 4.74 Å². The van der Waals surface area contributed by atoms with Gasteiger partial charge < -0.3 is 10.1 Å². The molecule has 8 nitrogen and oxygen atoms in total. The molecular formula is C23H24N4O4. The van der Waals surface area contributed by atoms with Gasteiger partial charge >= 0.3 is 12.0 Å². The third-order valence-corrected chi connectivity index (χ3v) is 4.08. The maximum absolute atomic E-state index is 12.7. The zero-order valence-electron chi connectivity index (χ0n) is 17.6. The van der Waals surface area contributed by atoms with Crippen molar-refractivity contribution in [3.63, 3.8) is 0 Å². The van der Waals surface area contributed by atoms with Gasteiger partial charge in [0.05, 0.1) is 5.69 Å². The van der Waals surface area contributed by atoms with Crippen LogP contribution in [0.5, 0.6) is 0 Å². The zero-order chi connectivity index (χ0) is 22.4. The summed E-state index contributed by atoms with van der Waals surface area (Å²) >= 11 is 0. The van der Waals surface area contributed by atoms with E-state index in [2.05, 4.69) is 15.7 Å². The van der Waals surface area contributed by atoms with Crippen molar-refractivity contribution >= 4 is 17.9 Å². The molecule has 160 valence electrons. The van der Waals surface area contributed by atoms with E-state index >= 15 is 0 Å². The molecule has 1 heterocycles. The van der Waals surface area contributed by atoms with Gasteiger partial charge in [-0.05, 0) is 32.9 Å². The number of esters is 1. The van der Waals surface area contributed by atoms with Crippen LogP contribution in [0, 0.1) is 0 Å². The van der Waals surface area contributed by atoms with Crippen molar-refractivity contribution in [1.29, 1.82) is 0 Å². The van der Waals surface area contributed by atoms with Crippen LogP contribution in [-0.2, 0) is 9.53 Å². The highest BCUT2D eigenvalue weighted by molar-refractivity contribution is 5.99.